The van der Waals surface area contributed by atoms with Crippen LogP contribution in [0, 0.1) is 6.92 Å². The van der Waals surface area contributed by atoms with Gasteiger partial charge in [-0.2, -0.15) is 10.2 Å². The van der Waals surface area contributed by atoms with Crippen molar-refractivity contribution in [2.75, 3.05) is 5.73 Å². The highest BCUT2D eigenvalue weighted by Crippen LogP contribution is 2.28. The van der Waals surface area contributed by atoms with Gasteiger partial charge >= 0.3 is 0 Å². The molecule has 0 aliphatic heterocycles. The summed E-state index contributed by atoms with van der Waals surface area (Å²) in [5.41, 5.74) is 9.48. The number of hydrogen-bond acceptors (Lipinski definition) is 4. The topological polar surface area (TPSA) is 72.4 Å². The van der Waals surface area contributed by atoms with E-state index in [2.05, 4.69) is 15.3 Å². The molecule has 0 amide bonds. The third kappa shape index (κ3) is 4.55. The fourth-order valence-corrected chi connectivity index (χ4v) is 2.47. The van der Waals surface area contributed by atoms with Crippen molar-refractivity contribution >= 4 is 28.8 Å². The lowest BCUT2D eigenvalue weighted by Gasteiger charge is -2.03. The van der Waals surface area contributed by atoms with Crippen LogP contribution in [-0.2, 0) is 13.6 Å². The van der Waals surface area contributed by atoms with Gasteiger partial charge in [-0.05, 0) is 30.7 Å². The fourth-order valence-electron chi connectivity index (χ4n) is 2.30. The van der Waals surface area contributed by atoms with Gasteiger partial charge in [0.2, 0.25) is 0 Å². The second-order valence-corrected chi connectivity index (χ2v) is 6.02. The van der Waals surface area contributed by atoms with Gasteiger partial charge in [0.1, 0.15) is 18.6 Å². The fraction of sp³-hybridized carbons (Fsp3) is 0.176. The van der Waals surface area contributed by atoms with Crippen molar-refractivity contribution in [3.63, 3.8) is 0 Å². The zero-order chi connectivity index (χ0) is 17.1. The standard InChI is InChI=1S/C17H18ClN6.ClH/c1-12-5-6-14(18)8-15(12)21-22-16-9-20-24(17(16)19)11-13-4-3-7-23(2)10-13;/h3-10H,11,19H2,1-2H3;1H/q+1;/p-1/b22-21+;. The lowest BCUT2D eigenvalue weighted by molar-refractivity contribution is -0.671. The maximum atomic E-state index is 6.14. The Hall–Kier alpha value is -2.44. The molecule has 2 aromatic heterocycles. The molecule has 1 aromatic carbocycles. The number of nitrogens with zero attached hydrogens (tertiary/aromatic N) is 5. The first-order valence-corrected chi connectivity index (χ1v) is 7.84. The molecule has 0 unspecified atom stereocenters. The van der Waals surface area contributed by atoms with Crippen LogP contribution in [0.15, 0.2) is 59.2 Å². The van der Waals surface area contributed by atoms with E-state index in [4.69, 9.17) is 17.3 Å². The van der Waals surface area contributed by atoms with Gasteiger partial charge in [-0.25, -0.2) is 9.25 Å². The Kier molecular flexibility index (Phi) is 6.12. The van der Waals surface area contributed by atoms with Gasteiger partial charge in [0, 0.05) is 16.7 Å². The molecular formula is C17H18Cl2N6. The molecule has 130 valence electrons. The number of pyridine rings is 1. The first kappa shape index (κ1) is 18.9. The largest absolute Gasteiger partial charge is 1.00 e. The monoisotopic (exact) mass is 376 g/mol. The molecule has 3 aromatic rings. The van der Waals surface area contributed by atoms with Gasteiger partial charge in [0.25, 0.3) is 0 Å². The number of rotatable bonds is 4. The Morgan fingerprint density at radius 2 is 2.00 bits per heavy atom. The molecule has 6 nitrogen and oxygen atoms in total. The summed E-state index contributed by atoms with van der Waals surface area (Å²) in [7, 11) is 1.98. The summed E-state index contributed by atoms with van der Waals surface area (Å²) in [5, 5.41) is 13.4. The molecule has 0 saturated heterocycles. The van der Waals surface area contributed by atoms with Crippen molar-refractivity contribution in [2.24, 2.45) is 17.3 Å². The van der Waals surface area contributed by atoms with Crippen LogP contribution in [0.4, 0.5) is 17.2 Å². The number of aryl methyl sites for hydroxylation is 2. The molecule has 2 heterocycles. The van der Waals surface area contributed by atoms with Crippen molar-refractivity contribution in [1.82, 2.24) is 9.78 Å². The molecule has 0 radical (unpaired) electrons. The average Bonchev–Trinajstić information content (AvgIpc) is 2.89. The van der Waals surface area contributed by atoms with E-state index >= 15 is 0 Å². The van der Waals surface area contributed by atoms with E-state index in [9.17, 15) is 0 Å². The van der Waals surface area contributed by atoms with Crippen LogP contribution in [-0.4, -0.2) is 9.78 Å². The molecule has 0 fully saturated rings. The smallest absolute Gasteiger partial charge is 0.173 e. The first-order valence-electron chi connectivity index (χ1n) is 7.46. The second-order valence-electron chi connectivity index (χ2n) is 5.58. The molecule has 2 N–H and O–H groups in total. The summed E-state index contributed by atoms with van der Waals surface area (Å²) in [5.74, 6) is 0.477. The Bertz CT molecular complexity index is 904. The van der Waals surface area contributed by atoms with Crippen LogP contribution < -0.4 is 22.7 Å². The van der Waals surface area contributed by atoms with Gasteiger partial charge in [-0.1, -0.05) is 17.7 Å². The SMILES string of the molecule is Cc1ccc(Cl)cc1/N=N/c1cnn(Cc2ccc[n+](C)c2)c1N.[Cl-]. The van der Waals surface area contributed by atoms with Gasteiger partial charge in [-0.15, -0.1) is 5.11 Å². The molecule has 0 atom stereocenters. The van der Waals surface area contributed by atoms with Gasteiger partial charge in [0.05, 0.1) is 18.4 Å². The predicted octanol–water partition coefficient (Wildman–Crippen LogP) is 0.719. The number of benzene rings is 1. The third-order valence-corrected chi connectivity index (χ3v) is 3.86. The van der Waals surface area contributed by atoms with Crippen LogP contribution in [0.1, 0.15) is 11.1 Å². The summed E-state index contributed by atoms with van der Waals surface area (Å²) < 4.78 is 3.69. The zero-order valence-corrected chi connectivity index (χ0v) is 15.4. The zero-order valence-electron chi connectivity index (χ0n) is 13.9. The van der Waals surface area contributed by atoms with E-state index in [0.717, 1.165) is 11.1 Å². The normalized spacial score (nSPS) is 10.8. The highest BCUT2D eigenvalue weighted by atomic mass is 35.5. The lowest BCUT2D eigenvalue weighted by atomic mass is 10.2. The van der Waals surface area contributed by atoms with Crippen LogP contribution in [0.2, 0.25) is 5.02 Å². The molecular weight excluding hydrogens is 359 g/mol. The summed E-state index contributed by atoms with van der Waals surface area (Å²) in [6.07, 6.45) is 5.61. The Morgan fingerprint density at radius 3 is 2.76 bits per heavy atom. The molecule has 0 aliphatic rings. The Balaban J connectivity index is 0.00000225. The minimum atomic E-state index is 0. The molecule has 8 heteroatoms. The lowest BCUT2D eigenvalue weighted by Crippen LogP contribution is -3.00. The van der Waals surface area contributed by atoms with E-state index in [1.54, 1.807) is 16.9 Å². The quantitative estimate of drug-likeness (QED) is 0.538. The summed E-state index contributed by atoms with van der Waals surface area (Å²) in [6.45, 7) is 2.53. The van der Waals surface area contributed by atoms with Crippen LogP contribution in [0.25, 0.3) is 0 Å². The number of aromatic nitrogens is 3. The van der Waals surface area contributed by atoms with Crippen molar-refractivity contribution in [2.45, 2.75) is 13.5 Å². The molecule has 0 saturated carbocycles. The number of nitrogens with two attached hydrogens (primary N) is 1. The van der Waals surface area contributed by atoms with Gasteiger partial charge in [0.15, 0.2) is 12.4 Å². The predicted molar refractivity (Wildman–Crippen MR) is 93.7 cm³/mol. The number of azo groups is 1. The minimum Gasteiger partial charge on any atom is -1.00 e. The van der Waals surface area contributed by atoms with E-state index in [1.165, 1.54) is 0 Å². The van der Waals surface area contributed by atoms with Crippen LogP contribution in [0.3, 0.4) is 0 Å². The summed E-state index contributed by atoms with van der Waals surface area (Å²) >= 11 is 5.99. The van der Waals surface area contributed by atoms with Crippen LogP contribution >= 0.6 is 11.6 Å². The second kappa shape index (κ2) is 8.09. The molecule has 0 aliphatic carbocycles. The highest BCUT2D eigenvalue weighted by Gasteiger charge is 2.09. The maximum Gasteiger partial charge on any atom is 0.173 e. The van der Waals surface area contributed by atoms with Gasteiger partial charge in [-0.3, -0.25) is 0 Å². The van der Waals surface area contributed by atoms with Crippen molar-refractivity contribution in [1.29, 1.82) is 0 Å². The van der Waals surface area contributed by atoms with Crippen molar-refractivity contribution in [3.8, 4) is 0 Å². The first-order chi connectivity index (χ1) is 11.5. The summed E-state index contributed by atoms with van der Waals surface area (Å²) in [6, 6.07) is 9.50. The number of anilines is 1. The van der Waals surface area contributed by atoms with Crippen molar-refractivity contribution in [3.05, 3.63) is 65.1 Å². The van der Waals surface area contributed by atoms with Crippen molar-refractivity contribution < 1.29 is 17.0 Å². The van der Waals surface area contributed by atoms with E-state index < -0.39 is 0 Å². The molecule has 25 heavy (non-hydrogen) atoms. The number of hydrogen-bond donors (Lipinski definition) is 1. The maximum absolute atomic E-state index is 6.14. The Labute approximate surface area is 157 Å². The van der Waals surface area contributed by atoms with Gasteiger partial charge < -0.3 is 18.1 Å². The molecule has 0 bridgehead atoms. The minimum absolute atomic E-state index is 0. The molecule has 3 rings (SSSR count). The van der Waals surface area contributed by atoms with E-state index in [1.807, 2.05) is 55.2 Å². The Morgan fingerprint density at radius 1 is 1.24 bits per heavy atom. The van der Waals surface area contributed by atoms with E-state index in [0.29, 0.717) is 28.8 Å². The summed E-state index contributed by atoms with van der Waals surface area (Å²) in [4.78, 5) is 0. The van der Waals surface area contributed by atoms with Crippen LogP contribution in [0.5, 0.6) is 0 Å². The average molecular weight is 377 g/mol. The third-order valence-electron chi connectivity index (χ3n) is 3.63. The highest BCUT2D eigenvalue weighted by molar-refractivity contribution is 6.30. The number of nitrogen functional groups attached to an aromatic ring is 1. The number of halogens is 2. The van der Waals surface area contributed by atoms with E-state index in [-0.39, 0.29) is 12.4 Å². The molecule has 0 spiro atoms.